The molecule has 2 aromatic heterocycles. The van der Waals surface area contributed by atoms with Crippen LogP contribution in [0.3, 0.4) is 0 Å². The number of aromatic nitrogens is 6. The third-order valence-electron chi connectivity index (χ3n) is 3.95. The van der Waals surface area contributed by atoms with E-state index in [1.165, 1.54) is 25.7 Å². The van der Waals surface area contributed by atoms with Gasteiger partial charge in [-0.05, 0) is 43.2 Å². The van der Waals surface area contributed by atoms with E-state index in [0.717, 1.165) is 12.3 Å². The molecule has 0 radical (unpaired) electrons. The van der Waals surface area contributed by atoms with Crippen LogP contribution in [-0.2, 0) is 11.2 Å². The molecule has 1 aliphatic heterocycles. The first kappa shape index (κ1) is 12.0. The van der Waals surface area contributed by atoms with Crippen LogP contribution in [0.2, 0.25) is 0 Å². The van der Waals surface area contributed by atoms with Crippen molar-refractivity contribution in [1.82, 2.24) is 30.8 Å². The maximum absolute atomic E-state index is 6.14. The van der Waals surface area contributed by atoms with Gasteiger partial charge in [0, 0.05) is 0 Å². The Labute approximate surface area is 115 Å². The topological polar surface area (TPSA) is 103 Å². The Bertz CT molecular complexity index is 564. The molecular weight excluding hydrogens is 260 g/mol. The second-order valence-corrected chi connectivity index (χ2v) is 5.52. The lowest BCUT2D eigenvalue weighted by Gasteiger charge is -2.29. The van der Waals surface area contributed by atoms with Crippen molar-refractivity contribution in [3.05, 3.63) is 5.89 Å². The molecule has 0 unspecified atom stereocenters. The Morgan fingerprint density at radius 2 is 2.10 bits per heavy atom. The number of tetrazole rings is 1. The fourth-order valence-electron chi connectivity index (χ4n) is 2.77. The summed E-state index contributed by atoms with van der Waals surface area (Å²) in [5.41, 5.74) is 0. The Hall–Kier alpha value is -1.83. The van der Waals surface area contributed by atoms with E-state index in [1.807, 2.05) is 0 Å². The molecule has 4 rings (SSSR count). The van der Waals surface area contributed by atoms with Crippen LogP contribution in [0.5, 0.6) is 0 Å². The molecule has 1 saturated carbocycles. The van der Waals surface area contributed by atoms with Gasteiger partial charge in [0.1, 0.15) is 0 Å². The Balaban J connectivity index is 1.41. The molecule has 0 aromatic carbocycles. The molecule has 1 N–H and O–H groups in total. The van der Waals surface area contributed by atoms with Crippen molar-refractivity contribution >= 4 is 0 Å². The number of ether oxygens (including phenoxy) is 1. The van der Waals surface area contributed by atoms with E-state index in [-0.39, 0.29) is 6.10 Å². The average molecular weight is 276 g/mol. The zero-order valence-electron chi connectivity index (χ0n) is 11.0. The van der Waals surface area contributed by atoms with Crippen LogP contribution in [0.1, 0.15) is 38.0 Å². The molecule has 106 valence electrons. The lowest BCUT2D eigenvalue weighted by Crippen LogP contribution is -2.30. The zero-order chi connectivity index (χ0) is 13.4. The molecule has 8 heteroatoms. The minimum atomic E-state index is 0.188. The van der Waals surface area contributed by atoms with Crippen molar-refractivity contribution in [2.24, 2.45) is 5.92 Å². The van der Waals surface area contributed by atoms with Gasteiger partial charge in [-0.25, -0.2) is 0 Å². The van der Waals surface area contributed by atoms with E-state index >= 15 is 0 Å². The standard InChI is InChI=1S/C12H16N6O2/c1-2-8(19-9(3-1)7-4-5-7)6-10-13-11(16-20-10)12-14-17-18-15-12/h7-9H,1-6H2,(H,14,15,17,18)/t8-,9+/m0/s1. The largest absolute Gasteiger partial charge is 0.374 e. The molecule has 2 aliphatic rings. The molecular formula is C12H16N6O2. The molecule has 20 heavy (non-hydrogen) atoms. The summed E-state index contributed by atoms with van der Waals surface area (Å²) in [5, 5.41) is 17.4. The minimum Gasteiger partial charge on any atom is -0.374 e. The van der Waals surface area contributed by atoms with E-state index in [9.17, 15) is 0 Å². The lowest BCUT2D eigenvalue weighted by atomic mass is 9.99. The molecule has 8 nitrogen and oxygen atoms in total. The number of H-pyrrole nitrogens is 1. The van der Waals surface area contributed by atoms with E-state index < -0.39 is 0 Å². The number of hydrogen-bond acceptors (Lipinski definition) is 7. The van der Waals surface area contributed by atoms with Gasteiger partial charge in [-0.3, -0.25) is 0 Å². The molecule has 2 fully saturated rings. The van der Waals surface area contributed by atoms with E-state index in [0.29, 0.717) is 30.1 Å². The molecule has 0 amide bonds. The summed E-state index contributed by atoms with van der Waals surface area (Å²) in [6.45, 7) is 0. The van der Waals surface area contributed by atoms with E-state index in [2.05, 4.69) is 30.8 Å². The molecule has 2 atom stereocenters. The van der Waals surface area contributed by atoms with Crippen molar-refractivity contribution in [3.63, 3.8) is 0 Å². The molecule has 0 bridgehead atoms. The number of nitrogens with one attached hydrogen (secondary N) is 1. The number of rotatable bonds is 4. The first-order valence-corrected chi connectivity index (χ1v) is 7.10. The Morgan fingerprint density at radius 1 is 1.15 bits per heavy atom. The minimum absolute atomic E-state index is 0.188. The molecule has 1 saturated heterocycles. The van der Waals surface area contributed by atoms with Crippen molar-refractivity contribution < 1.29 is 9.26 Å². The number of hydrogen-bond donors (Lipinski definition) is 1. The zero-order valence-corrected chi connectivity index (χ0v) is 11.0. The molecule has 1 aliphatic carbocycles. The van der Waals surface area contributed by atoms with Crippen molar-refractivity contribution in [3.8, 4) is 11.6 Å². The summed E-state index contributed by atoms with van der Waals surface area (Å²) in [5.74, 6) is 2.07. The summed E-state index contributed by atoms with van der Waals surface area (Å²) in [6, 6.07) is 0. The highest BCUT2D eigenvalue weighted by Crippen LogP contribution is 2.39. The third-order valence-corrected chi connectivity index (χ3v) is 3.95. The Morgan fingerprint density at radius 3 is 2.90 bits per heavy atom. The first-order chi connectivity index (χ1) is 9.88. The SMILES string of the molecule is C1C[C@@H](Cc2nc(-c3nn[nH]n3)no2)O[C@@H](C2CC2)C1. The molecule has 2 aromatic rings. The highest BCUT2D eigenvalue weighted by molar-refractivity contribution is 5.38. The predicted octanol–water partition coefficient (Wildman–Crippen LogP) is 1.14. The second kappa shape index (κ2) is 4.93. The molecule has 0 spiro atoms. The summed E-state index contributed by atoms with van der Waals surface area (Å²) >= 11 is 0. The number of nitrogens with zero attached hydrogens (tertiary/aromatic N) is 5. The second-order valence-electron chi connectivity index (χ2n) is 5.52. The van der Waals surface area contributed by atoms with Crippen LogP contribution in [0.15, 0.2) is 4.52 Å². The maximum Gasteiger partial charge on any atom is 0.245 e. The van der Waals surface area contributed by atoms with Crippen LogP contribution in [-0.4, -0.2) is 43.0 Å². The summed E-state index contributed by atoms with van der Waals surface area (Å²) in [7, 11) is 0. The quantitative estimate of drug-likeness (QED) is 0.893. The summed E-state index contributed by atoms with van der Waals surface area (Å²) in [4.78, 5) is 4.29. The summed E-state index contributed by atoms with van der Waals surface area (Å²) < 4.78 is 11.4. The third kappa shape index (κ3) is 2.43. The van der Waals surface area contributed by atoms with Crippen LogP contribution >= 0.6 is 0 Å². The van der Waals surface area contributed by atoms with Crippen molar-refractivity contribution in [2.45, 2.75) is 50.7 Å². The fourth-order valence-corrected chi connectivity index (χ4v) is 2.77. The van der Waals surface area contributed by atoms with Gasteiger partial charge in [-0.15, -0.1) is 10.2 Å². The van der Waals surface area contributed by atoms with Crippen LogP contribution in [0, 0.1) is 5.92 Å². The normalized spacial score (nSPS) is 26.8. The van der Waals surface area contributed by atoms with Crippen LogP contribution in [0.4, 0.5) is 0 Å². The molecule has 3 heterocycles. The van der Waals surface area contributed by atoms with Gasteiger partial charge in [-0.2, -0.15) is 10.2 Å². The van der Waals surface area contributed by atoms with Crippen LogP contribution < -0.4 is 0 Å². The van der Waals surface area contributed by atoms with Crippen molar-refractivity contribution in [2.75, 3.05) is 0 Å². The maximum atomic E-state index is 6.14. The predicted molar refractivity (Wildman–Crippen MR) is 66.4 cm³/mol. The van der Waals surface area contributed by atoms with Gasteiger partial charge < -0.3 is 9.26 Å². The first-order valence-electron chi connectivity index (χ1n) is 7.10. The highest BCUT2D eigenvalue weighted by atomic mass is 16.5. The Kier molecular flexibility index (Phi) is 2.95. The van der Waals surface area contributed by atoms with Gasteiger partial charge in [0.25, 0.3) is 0 Å². The fraction of sp³-hybridized carbons (Fsp3) is 0.750. The van der Waals surface area contributed by atoms with Gasteiger partial charge in [0.05, 0.1) is 18.6 Å². The number of aromatic amines is 1. The van der Waals surface area contributed by atoms with Gasteiger partial charge in [-0.1, -0.05) is 5.16 Å². The van der Waals surface area contributed by atoms with E-state index in [1.54, 1.807) is 0 Å². The van der Waals surface area contributed by atoms with Gasteiger partial charge in [0.2, 0.25) is 17.5 Å². The average Bonchev–Trinajstić information content (AvgIpc) is 2.98. The summed E-state index contributed by atoms with van der Waals surface area (Å²) in [6.07, 6.45) is 7.40. The van der Waals surface area contributed by atoms with E-state index in [4.69, 9.17) is 9.26 Å². The van der Waals surface area contributed by atoms with Crippen LogP contribution in [0.25, 0.3) is 11.6 Å². The van der Waals surface area contributed by atoms with Gasteiger partial charge >= 0.3 is 0 Å². The monoisotopic (exact) mass is 276 g/mol. The van der Waals surface area contributed by atoms with Gasteiger partial charge in [0.15, 0.2) is 0 Å². The van der Waals surface area contributed by atoms with Crippen molar-refractivity contribution in [1.29, 1.82) is 0 Å². The smallest absolute Gasteiger partial charge is 0.245 e. The lowest BCUT2D eigenvalue weighted by molar-refractivity contribution is -0.0616. The highest BCUT2D eigenvalue weighted by Gasteiger charge is 2.36.